The minimum absolute atomic E-state index is 0.189. The Morgan fingerprint density at radius 2 is 2.00 bits per heavy atom. The van der Waals surface area contributed by atoms with Crippen molar-refractivity contribution in [1.82, 2.24) is 15.0 Å². The van der Waals surface area contributed by atoms with Gasteiger partial charge in [-0.25, -0.2) is 10.5 Å². The highest BCUT2D eigenvalue weighted by Crippen LogP contribution is 2.35. The molecule has 0 aliphatic carbocycles. The molecule has 1 amide bonds. The average molecular weight is 445 g/mol. The summed E-state index contributed by atoms with van der Waals surface area (Å²) in [7, 11) is 0. The Balaban J connectivity index is 2.08. The van der Waals surface area contributed by atoms with Crippen LogP contribution in [-0.4, -0.2) is 20.7 Å². The normalized spacial score (nSPS) is 11.4. The number of benzene rings is 2. The number of hydrogen-bond acceptors (Lipinski definition) is 5. The van der Waals surface area contributed by atoms with E-state index in [0.717, 1.165) is 37.8 Å². The Hall–Kier alpha value is -3.58. The van der Waals surface area contributed by atoms with Crippen LogP contribution in [0.2, 0.25) is 0 Å². The zero-order chi connectivity index (χ0) is 23.3. The first kappa shape index (κ1) is 23.1. The number of aryl methyl sites for hydroxylation is 1. The summed E-state index contributed by atoms with van der Waals surface area (Å²) < 4.78 is 42.2. The number of carbonyl (C=O) groups excluding carboxylic acids is 1. The maximum absolute atomic E-state index is 13.5. The molecule has 3 N–H and O–H groups in total. The Morgan fingerprint density at radius 1 is 1.22 bits per heavy atom. The van der Waals surface area contributed by atoms with Crippen molar-refractivity contribution >= 4 is 28.6 Å². The molecule has 0 unspecified atom stereocenters. The molecule has 2 aromatic carbocycles. The molecule has 0 atom stereocenters. The fourth-order valence-electron chi connectivity index (χ4n) is 3.45. The van der Waals surface area contributed by atoms with Gasteiger partial charge in [0, 0.05) is 17.8 Å². The number of nitrogens with one attached hydrogen (secondary N) is 2. The molecule has 1 heterocycles. The largest absolute Gasteiger partial charge is 0.417 e. The molecular formula is C22H22F3N5O2. The molecule has 0 radical (unpaired) electrons. The van der Waals surface area contributed by atoms with Crippen LogP contribution in [0.1, 0.15) is 54.1 Å². The Kier molecular flexibility index (Phi) is 7.00. The SMILES string of the molecule is CCCCCCn1c(Nc2cccc(C(=O)NO)c2)nc2cc(C#N)c(C(F)(F)F)cc21. The molecular weight excluding hydrogens is 423 g/mol. The standard InChI is InChI=1S/C22H22F3N5O2/c1-2-3-4-5-9-30-19-12-17(22(23,24)25)15(13-26)11-18(19)28-21(30)27-16-8-6-7-14(10-16)20(31)29-32/h6-8,10-12,32H,2-5,9H2,1H3,(H,27,28)(H,29,31). The van der Waals surface area contributed by atoms with Gasteiger partial charge in [0.05, 0.1) is 28.2 Å². The van der Waals surface area contributed by atoms with Crippen LogP contribution in [-0.2, 0) is 12.7 Å². The fraction of sp³-hybridized carbons (Fsp3) is 0.318. The van der Waals surface area contributed by atoms with Gasteiger partial charge in [0.25, 0.3) is 5.91 Å². The molecule has 0 bridgehead atoms. The second-order valence-electron chi connectivity index (χ2n) is 7.29. The topological polar surface area (TPSA) is 103 Å². The predicted octanol–water partition coefficient (Wildman–Crippen LogP) is 5.37. The van der Waals surface area contributed by atoms with E-state index in [1.165, 1.54) is 12.1 Å². The number of unbranched alkanes of at least 4 members (excludes halogenated alkanes) is 3. The van der Waals surface area contributed by atoms with E-state index >= 15 is 0 Å². The number of halogens is 3. The first-order chi connectivity index (χ1) is 15.3. The molecule has 0 spiro atoms. The van der Waals surface area contributed by atoms with Crippen LogP contribution in [0.25, 0.3) is 11.0 Å². The molecule has 0 aliphatic heterocycles. The van der Waals surface area contributed by atoms with Gasteiger partial charge in [-0.1, -0.05) is 32.3 Å². The maximum atomic E-state index is 13.5. The van der Waals surface area contributed by atoms with Gasteiger partial charge < -0.3 is 9.88 Å². The molecule has 3 aromatic rings. The van der Waals surface area contributed by atoms with Crippen molar-refractivity contribution in [2.75, 3.05) is 5.32 Å². The molecule has 3 rings (SSSR count). The van der Waals surface area contributed by atoms with Crippen LogP contribution in [0.5, 0.6) is 0 Å². The van der Waals surface area contributed by atoms with Crippen molar-refractivity contribution in [2.24, 2.45) is 0 Å². The van der Waals surface area contributed by atoms with Gasteiger partial charge in [0.1, 0.15) is 0 Å². The second-order valence-corrected chi connectivity index (χ2v) is 7.29. The van der Waals surface area contributed by atoms with Gasteiger partial charge in [0.2, 0.25) is 5.95 Å². The summed E-state index contributed by atoms with van der Waals surface area (Å²) >= 11 is 0. The van der Waals surface area contributed by atoms with E-state index in [9.17, 15) is 23.2 Å². The number of hydrogen-bond donors (Lipinski definition) is 3. The zero-order valence-electron chi connectivity index (χ0n) is 17.3. The van der Waals surface area contributed by atoms with E-state index in [0.29, 0.717) is 18.2 Å². The predicted molar refractivity (Wildman–Crippen MR) is 113 cm³/mol. The third-order valence-electron chi connectivity index (χ3n) is 5.03. The van der Waals surface area contributed by atoms with Crippen LogP contribution in [0, 0.1) is 11.3 Å². The quantitative estimate of drug-likeness (QED) is 0.246. The lowest BCUT2D eigenvalue weighted by Gasteiger charge is -2.13. The number of anilines is 2. The van der Waals surface area contributed by atoms with Crippen LogP contribution >= 0.6 is 0 Å². The molecule has 168 valence electrons. The van der Waals surface area contributed by atoms with Crippen molar-refractivity contribution in [1.29, 1.82) is 5.26 Å². The van der Waals surface area contributed by atoms with E-state index in [1.54, 1.807) is 28.2 Å². The van der Waals surface area contributed by atoms with E-state index < -0.39 is 23.2 Å². The molecule has 0 aliphatic rings. The van der Waals surface area contributed by atoms with Crippen molar-refractivity contribution < 1.29 is 23.2 Å². The summed E-state index contributed by atoms with van der Waals surface area (Å²) in [4.78, 5) is 16.1. The Labute approximate surface area is 182 Å². The van der Waals surface area contributed by atoms with Crippen molar-refractivity contribution in [3.8, 4) is 6.07 Å². The first-order valence-electron chi connectivity index (χ1n) is 10.1. The van der Waals surface area contributed by atoms with Gasteiger partial charge in [0.15, 0.2) is 0 Å². The van der Waals surface area contributed by atoms with Gasteiger partial charge in [-0.05, 0) is 36.8 Å². The molecule has 7 nitrogen and oxygen atoms in total. The summed E-state index contributed by atoms with van der Waals surface area (Å²) in [6.45, 7) is 2.49. The lowest BCUT2D eigenvalue weighted by atomic mass is 10.1. The van der Waals surface area contributed by atoms with Crippen LogP contribution in [0.4, 0.5) is 24.8 Å². The lowest BCUT2D eigenvalue weighted by molar-refractivity contribution is -0.137. The van der Waals surface area contributed by atoms with Crippen molar-refractivity contribution in [3.63, 3.8) is 0 Å². The molecule has 1 aromatic heterocycles. The molecule has 0 saturated heterocycles. The van der Waals surface area contributed by atoms with E-state index in [-0.39, 0.29) is 16.6 Å². The summed E-state index contributed by atoms with van der Waals surface area (Å²) in [6, 6.07) is 9.94. The van der Waals surface area contributed by atoms with Gasteiger partial charge in [-0.3, -0.25) is 10.0 Å². The average Bonchev–Trinajstić information content (AvgIpc) is 3.10. The van der Waals surface area contributed by atoms with E-state index in [2.05, 4.69) is 17.2 Å². The first-order valence-corrected chi connectivity index (χ1v) is 10.1. The number of aromatic nitrogens is 2. The second kappa shape index (κ2) is 9.70. The van der Waals surface area contributed by atoms with E-state index in [1.807, 2.05) is 0 Å². The summed E-state index contributed by atoms with van der Waals surface area (Å²) in [5.74, 6) is -0.406. The highest BCUT2D eigenvalue weighted by Gasteiger charge is 2.34. The number of rotatable bonds is 8. The van der Waals surface area contributed by atoms with Crippen molar-refractivity contribution in [2.45, 2.75) is 45.3 Å². The van der Waals surface area contributed by atoms with Crippen LogP contribution in [0.3, 0.4) is 0 Å². The van der Waals surface area contributed by atoms with Gasteiger partial charge >= 0.3 is 6.18 Å². The van der Waals surface area contributed by atoms with Crippen LogP contribution in [0.15, 0.2) is 36.4 Å². The van der Waals surface area contributed by atoms with Crippen molar-refractivity contribution in [3.05, 3.63) is 53.1 Å². The molecule has 32 heavy (non-hydrogen) atoms. The van der Waals surface area contributed by atoms with Crippen LogP contribution < -0.4 is 10.8 Å². The monoisotopic (exact) mass is 445 g/mol. The number of nitrogens with zero attached hydrogens (tertiary/aromatic N) is 3. The lowest BCUT2D eigenvalue weighted by Crippen LogP contribution is -2.18. The minimum atomic E-state index is -4.67. The zero-order valence-corrected chi connectivity index (χ0v) is 17.3. The molecule has 0 saturated carbocycles. The fourth-order valence-corrected chi connectivity index (χ4v) is 3.45. The third kappa shape index (κ3) is 5.00. The summed E-state index contributed by atoms with van der Waals surface area (Å²) in [5.41, 5.74) is 1.24. The number of nitriles is 1. The highest BCUT2D eigenvalue weighted by molar-refractivity contribution is 5.94. The minimum Gasteiger partial charge on any atom is -0.326 e. The molecule has 10 heteroatoms. The summed E-state index contributed by atoms with van der Waals surface area (Å²) in [5, 5.41) is 21.1. The Morgan fingerprint density at radius 3 is 2.66 bits per heavy atom. The smallest absolute Gasteiger partial charge is 0.326 e. The number of carbonyl (C=O) groups is 1. The summed E-state index contributed by atoms with van der Waals surface area (Å²) in [6.07, 6.45) is -1.01. The van der Waals surface area contributed by atoms with Gasteiger partial charge in [-0.15, -0.1) is 0 Å². The number of amides is 1. The highest BCUT2D eigenvalue weighted by atomic mass is 19.4. The number of hydroxylamine groups is 1. The number of alkyl halides is 3. The van der Waals surface area contributed by atoms with E-state index in [4.69, 9.17) is 5.21 Å². The maximum Gasteiger partial charge on any atom is 0.417 e. The number of imidazole rings is 1. The molecule has 0 fully saturated rings. The number of fused-ring (bicyclic) bond motifs is 1. The third-order valence-corrected chi connectivity index (χ3v) is 5.03. The Bertz CT molecular complexity index is 1160. The van der Waals surface area contributed by atoms with Gasteiger partial charge in [-0.2, -0.15) is 18.4 Å².